The Hall–Kier alpha value is -0.990. The van der Waals surface area contributed by atoms with Crippen LogP contribution in [0.1, 0.15) is 19.5 Å². The van der Waals surface area contributed by atoms with Gasteiger partial charge in [0.25, 0.3) is 0 Å². The average Bonchev–Trinajstić information content (AvgIpc) is 2.54. The van der Waals surface area contributed by atoms with Gasteiger partial charge >= 0.3 is 0 Å². The maximum atomic E-state index is 6.20. The van der Waals surface area contributed by atoms with Crippen LogP contribution >= 0.6 is 11.6 Å². The zero-order valence-corrected chi connectivity index (χ0v) is 10.7. The van der Waals surface area contributed by atoms with Crippen LogP contribution in [-0.2, 0) is 13.6 Å². The molecule has 3 heteroatoms. The molecule has 1 aromatic heterocycles. The van der Waals surface area contributed by atoms with Gasteiger partial charge in [0.15, 0.2) is 0 Å². The van der Waals surface area contributed by atoms with Crippen molar-refractivity contribution in [3.63, 3.8) is 0 Å². The maximum Gasteiger partial charge on any atom is 0.0669 e. The van der Waals surface area contributed by atoms with Gasteiger partial charge in [0.05, 0.1) is 10.5 Å². The summed E-state index contributed by atoms with van der Waals surface area (Å²) in [6, 6.07) is 8.71. The predicted octanol–water partition coefficient (Wildman–Crippen LogP) is 3.33. The number of nitrogens with zero attached hydrogens (tertiary/aromatic N) is 1. The number of benzene rings is 1. The molecular weight excluding hydrogens is 220 g/mol. The molecule has 1 heterocycles. The van der Waals surface area contributed by atoms with Crippen LogP contribution in [0.3, 0.4) is 0 Å². The van der Waals surface area contributed by atoms with Gasteiger partial charge < -0.3 is 9.88 Å². The van der Waals surface area contributed by atoms with Gasteiger partial charge in [0.1, 0.15) is 0 Å². The third-order valence-electron chi connectivity index (χ3n) is 2.80. The topological polar surface area (TPSA) is 17.0 Å². The van der Waals surface area contributed by atoms with Crippen molar-refractivity contribution in [1.29, 1.82) is 0 Å². The zero-order chi connectivity index (χ0) is 11.7. The van der Waals surface area contributed by atoms with Gasteiger partial charge in [-0.25, -0.2) is 0 Å². The Morgan fingerprint density at radius 1 is 1.38 bits per heavy atom. The molecule has 0 unspecified atom stereocenters. The molecule has 1 aromatic carbocycles. The van der Waals surface area contributed by atoms with Crippen molar-refractivity contribution in [3.8, 4) is 0 Å². The van der Waals surface area contributed by atoms with Gasteiger partial charge in [-0.05, 0) is 12.1 Å². The highest BCUT2D eigenvalue weighted by Crippen LogP contribution is 2.25. The minimum Gasteiger partial charge on any atom is -0.345 e. The molecule has 0 radical (unpaired) electrons. The summed E-state index contributed by atoms with van der Waals surface area (Å²) >= 11 is 6.20. The Bertz CT molecular complexity index is 500. The molecule has 0 saturated heterocycles. The van der Waals surface area contributed by atoms with Crippen LogP contribution in [0.15, 0.2) is 24.3 Å². The first-order valence-corrected chi connectivity index (χ1v) is 5.93. The van der Waals surface area contributed by atoms with Gasteiger partial charge in [0, 0.05) is 30.7 Å². The molecule has 0 fully saturated rings. The second kappa shape index (κ2) is 4.48. The van der Waals surface area contributed by atoms with E-state index < -0.39 is 0 Å². The van der Waals surface area contributed by atoms with E-state index in [0.29, 0.717) is 6.04 Å². The number of aromatic nitrogens is 1. The van der Waals surface area contributed by atoms with E-state index in [2.05, 4.69) is 42.9 Å². The highest BCUT2D eigenvalue weighted by atomic mass is 35.5. The molecule has 2 rings (SSSR count). The fourth-order valence-electron chi connectivity index (χ4n) is 1.90. The lowest BCUT2D eigenvalue weighted by Gasteiger charge is -2.09. The molecule has 0 saturated carbocycles. The summed E-state index contributed by atoms with van der Waals surface area (Å²) in [5, 5.41) is 5.44. The summed E-state index contributed by atoms with van der Waals surface area (Å²) in [5.74, 6) is 0. The number of halogens is 1. The van der Waals surface area contributed by atoms with Crippen molar-refractivity contribution in [2.24, 2.45) is 7.05 Å². The van der Waals surface area contributed by atoms with E-state index in [0.717, 1.165) is 17.1 Å². The van der Waals surface area contributed by atoms with Gasteiger partial charge in [-0.3, -0.25) is 0 Å². The number of nitrogens with one attached hydrogen (secondary N) is 1. The van der Waals surface area contributed by atoms with E-state index in [1.165, 1.54) is 11.1 Å². The molecular formula is C13H17ClN2. The molecule has 0 amide bonds. The Morgan fingerprint density at radius 3 is 2.75 bits per heavy atom. The molecule has 0 spiro atoms. The number of para-hydroxylation sites is 1. The number of hydrogen-bond donors (Lipinski definition) is 1. The van der Waals surface area contributed by atoms with Crippen LogP contribution < -0.4 is 5.32 Å². The van der Waals surface area contributed by atoms with E-state index in [9.17, 15) is 0 Å². The molecule has 0 bridgehead atoms. The van der Waals surface area contributed by atoms with E-state index in [1.807, 2.05) is 12.1 Å². The van der Waals surface area contributed by atoms with Crippen LogP contribution in [0.5, 0.6) is 0 Å². The highest BCUT2D eigenvalue weighted by molar-refractivity contribution is 6.35. The predicted molar refractivity (Wildman–Crippen MR) is 69.9 cm³/mol. The largest absolute Gasteiger partial charge is 0.345 e. The number of fused-ring (bicyclic) bond motifs is 1. The van der Waals surface area contributed by atoms with Crippen LogP contribution in [-0.4, -0.2) is 10.6 Å². The number of rotatable bonds is 3. The second-order valence-corrected chi connectivity index (χ2v) is 4.82. The Kier molecular flexibility index (Phi) is 3.22. The van der Waals surface area contributed by atoms with Gasteiger partial charge in [-0.2, -0.15) is 0 Å². The fraction of sp³-hybridized carbons (Fsp3) is 0.385. The molecule has 0 atom stereocenters. The van der Waals surface area contributed by atoms with Crippen LogP contribution in [0, 0.1) is 0 Å². The van der Waals surface area contributed by atoms with Crippen molar-refractivity contribution in [2.75, 3.05) is 0 Å². The highest BCUT2D eigenvalue weighted by Gasteiger charge is 2.08. The first-order valence-electron chi connectivity index (χ1n) is 5.56. The monoisotopic (exact) mass is 236 g/mol. The minimum absolute atomic E-state index is 0.494. The van der Waals surface area contributed by atoms with Crippen LogP contribution in [0.25, 0.3) is 10.9 Å². The third kappa shape index (κ3) is 2.08. The Balaban J connectivity index is 2.40. The zero-order valence-electron chi connectivity index (χ0n) is 9.92. The lowest BCUT2D eigenvalue weighted by atomic mass is 10.2. The smallest absolute Gasteiger partial charge is 0.0669 e. The van der Waals surface area contributed by atoms with E-state index in [4.69, 9.17) is 11.6 Å². The maximum absolute atomic E-state index is 6.20. The normalized spacial score (nSPS) is 11.6. The summed E-state index contributed by atoms with van der Waals surface area (Å²) in [6.45, 7) is 5.17. The SMILES string of the molecule is CC(C)NCc1cc2cccc(Cl)c2n1C. The summed E-state index contributed by atoms with van der Waals surface area (Å²) in [5.41, 5.74) is 2.38. The first-order chi connectivity index (χ1) is 7.59. The van der Waals surface area contributed by atoms with Gasteiger partial charge in [-0.15, -0.1) is 0 Å². The fourth-order valence-corrected chi connectivity index (χ4v) is 2.21. The summed E-state index contributed by atoms with van der Waals surface area (Å²) in [6.07, 6.45) is 0. The lowest BCUT2D eigenvalue weighted by molar-refractivity contribution is 0.572. The molecule has 0 aliphatic heterocycles. The van der Waals surface area contributed by atoms with E-state index >= 15 is 0 Å². The molecule has 16 heavy (non-hydrogen) atoms. The lowest BCUT2D eigenvalue weighted by Crippen LogP contribution is -2.23. The van der Waals surface area contributed by atoms with E-state index in [-0.39, 0.29) is 0 Å². The summed E-state index contributed by atoms with van der Waals surface area (Å²) < 4.78 is 2.16. The Labute approximate surface area is 101 Å². The van der Waals surface area contributed by atoms with Crippen molar-refractivity contribution < 1.29 is 0 Å². The van der Waals surface area contributed by atoms with Crippen molar-refractivity contribution in [2.45, 2.75) is 26.4 Å². The minimum atomic E-state index is 0.494. The summed E-state index contributed by atoms with van der Waals surface area (Å²) in [4.78, 5) is 0. The second-order valence-electron chi connectivity index (χ2n) is 4.41. The molecule has 86 valence electrons. The van der Waals surface area contributed by atoms with Crippen molar-refractivity contribution in [3.05, 3.63) is 35.0 Å². The van der Waals surface area contributed by atoms with Gasteiger partial charge in [-0.1, -0.05) is 37.6 Å². The molecule has 2 aromatic rings. The van der Waals surface area contributed by atoms with Gasteiger partial charge in [0.2, 0.25) is 0 Å². The van der Waals surface area contributed by atoms with Crippen molar-refractivity contribution in [1.82, 2.24) is 9.88 Å². The number of aryl methyl sites for hydroxylation is 1. The average molecular weight is 237 g/mol. The van der Waals surface area contributed by atoms with E-state index in [1.54, 1.807) is 0 Å². The first kappa shape index (κ1) is 11.5. The Morgan fingerprint density at radius 2 is 2.12 bits per heavy atom. The number of hydrogen-bond acceptors (Lipinski definition) is 1. The third-order valence-corrected chi connectivity index (χ3v) is 3.10. The summed E-state index contributed by atoms with van der Waals surface area (Å²) in [7, 11) is 2.06. The molecule has 0 aliphatic rings. The standard InChI is InChI=1S/C13H17ClN2/c1-9(2)15-8-11-7-10-5-4-6-12(14)13(10)16(11)3/h4-7,9,15H,8H2,1-3H3. The molecule has 2 nitrogen and oxygen atoms in total. The quantitative estimate of drug-likeness (QED) is 0.865. The van der Waals surface area contributed by atoms with Crippen LogP contribution in [0.4, 0.5) is 0 Å². The molecule has 1 N–H and O–H groups in total. The van der Waals surface area contributed by atoms with Crippen LogP contribution in [0.2, 0.25) is 5.02 Å². The molecule has 0 aliphatic carbocycles. The van der Waals surface area contributed by atoms with Crippen molar-refractivity contribution >= 4 is 22.5 Å².